The van der Waals surface area contributed by atoms with Crippen molar-refractivity contribution in [1.82, 2.24) is 0 Å². The van der Waals surface area contributed by atoms with Gasteiger partial charge in [-0.2, -0.15) is 0 Å². The maximum absolute atomic E-state index is 5.57. The van der Waals surface area contributed by atoms with E-state index in [1.54, 1.807) is 0 Å². The largest absolute Gasteiger partial charge is 0.469 e. The lowest BCUT2D eigenvalue weighted by Gasteiger charge is -1.99. The maximum atomic E-state index is 5.57. The van der Waals surface area contributed by atoms with Crippen LogP contribution in [0.15, 0.2) is 4.99 Å². The Morgan fingerprint density at radius 3 is 2.60 bits per heavy atom. The Morgan fingerprint density at radius 2 is 2.10 bits per heavy atom. The van der Waals surface area contributed by atoms with Gasteiger partial charge in [-0.15, -0.1) is 0 Å². The van der Waals surface area contributed by atoms with Gasteiger partial charge in [0, 0.05) is 6.54 Å². The molecule has 2 nitrogen and oxygen atoms in total. The van der Waals surface area contributed by atoms with Gasteiger partial charge in [-0.05, 0) is 24.4 Å². The normalized spacial score (nSPS) is 11.7. The Hall–Kier alpha value is -0.240. The third-order valence-electron chi connectivity index (χ3n) is 0.885. The highest BCUT2D eigenvalue weighted by Gasteiger charge is 1.90. The van der Waals surface area contributed by atoms with E-state index in [4.69, 9.17) is 16.3 Å². The summed E-state index contributed by atoms with van der Waals surface area (Å²) in [5, 5.41) is 0.295. The molecule has 0 amide bonds. The van der Waals surface area contributed by atoms with Gasteiger partial charge in [-0.25, -0.2) is 4.99 Å². The second kappa shape index (κ2) is 6.87. The van der Waals surface area contributed by atoms with Crippen LogP contribution >= 0.6 is 11.6 Å². The first-order chi connectivity index (χ1) is 4.81. The van der Waals surface area contributed by atoms with Crippen LogP contribution in [-0.4, -0.2) is 18.5 Å². The Bertz CT molecular complexity index is 104. The number of halogens is 1. The van der Waals surface area contributed by atoms with Gasteiger partial charge in [0.05, 0.1) is 6.61 Å². The van der Waals surface area contributed by atoms with Crippen molar-refractivity contribution < 1.29 is 4.74 Å². The fraction of sp³-hybridized carbons (Fsp3) is 0.857. The smallest absolute Gasteiger partial charge is 0.282 e. The third kappa shape index (κ3) is 5.89. The minimum atomic E-state index is 0.295. The summed E-state index contributed by atoms with van der Waals surface area (Å²) in [5.41, 5.74) is 0. The highest BCUT2D eigenvalue weighted by Crippen LogP contribution is 1.91. The lowest BCUT2D eigenvalue weighted by molar-refractivity contribution is 0.312. The van der Waals surface area contributed by atoms with Crippen molar-refractivity contribution in [2.75, 3.05) is 13.2 Å². The zero-order valence-corrected chi connectivity index (χ0v) is 7.32. The summed E-state index contributed by atoms with van der Waals surface area (Å²) < 4.78 is 5.01. The summed E-state index contributed by atoms with van der Waals surface area (Å²) in [6.07, 6.45) is 1.98. The highest BCUT2D eigenvalue weighted by atomic mass is 35.5. The molecule has 0 saturated heterocycles. The minimum absolute atomic E-state index is 0.295. The molecule has 3 heteroatoms. The van der Waals surface area contributed by atoms with Gasteiger partial charge in [0.15, 0.2) is 0 Å². The summed E-state index contributed by atoms with van der Waals surface area (Å²) >= 11 is 5.57. The van der Waals surface area contributed by atoms with E-state index < -0.39 is 0 Å². The zero-order valence-electron chi connectivity index (χ0n) is 6.56. The van der Waals surface area contributed by atoms with Crippen molar-refractivity contribution >= 4 is 17.0 Å². The molecule has 0 atom stereocenters. The number of ether oxygens (including phenoxy) is 1. The average molecular weight is 164 g/mol. The van der Waals surface area contributed by atoms with E-state index in [2.05, 4.69) is 4.99 Å². The van der Waals surface area contributed by atoms with Crippen LogP contribution in [0.4, 0.5) is 0 Å². The lowest BCUT2D eigenvalue weighted by Crippen LogP contribution is -1.98. The molecule has 0 fully saturated rings. The predicted molar refractivity (Wildman–Crippen MR) is 44.7 cm³/mol. The van der Waals surface area contributed by atoms with Gasteiger partial charge in [-0.3, -0.25) is 0 Å². The molecule has 0 spiro atoms. The van der Waals surface area contributed by atoms with Gasteiger partial charge < -0.3 is 4.74 Å². The minimum Gasteiger partial charge on any atom is -0.469 e. The molecule has 0 bridgehead atoms. The van der Waals surface area contributed by atoms with Crippen molar-refractivity contribution in [2.24, 2.45) is 4.99 Å². The Labute approximate surface area is 67.2 Å². The van der Waals surface area contributed by atoms with E-state index in [9.17, 15) is 0 Å². The van der Waals surface area contributed by atoms with Crippen LogP contribution in [0.25, 0.3) is 0 Å². The first-order valence-electron chi connectivity index (χ1n) is 3.64. The van der Waals surface area contributed by atoms with E-state index in [-0.39, 0.29) is 0 Å². The van der Waals surface area contributed by atoms with E-state index in [1.807, 2.05) is 13.8 Å². The maximum Gasteiger partial charge on any atom is 0.282 e. The fourth-order valence-corrected chi connectivity index (χ4v) is 0.593. The number of rotatable bonds is 4. The van der Waals surface area contributed by atoms with Crippen molar-refractivity contribution in [3.8, 4) is 0 Å². The summed E-state index contributed by atoms with van der Waals surface area (Å²) in [6, 6.07) is 0. The summed E-state index contributed by atoms with van der Waals surface area (Å²) in [4.78, 5) is 3.94. The fourth-order valence-electron chi connectivity index (χ4n) is 0.432. The topological polar surface area (TPSA) is 21.6 Å². The molecule has 0 heterocycles. The standard InChI is InChI=1S/C7H14ClNO/c1-3-5-9-7(8)10-6-4-2/h3-6H2,1-2H3. The first kappa shape index (κ1) is 9.76. The van der Waals surface area contributed by atoms with E-state index in [0.29, 0.717) is 12.0 Å². The summed E-state index contributed by atoms with van der Waals surface area (Å²) in [6.45, 7) is 5.49. The Morgan fingerprint density at radius 1 is 1.40 bits per heavy atom. The van der Waals surface area contributed by atoms with Crippen molar-refractivity contribution in [1.29, 1.82) is 0 Å². The van der Waals surface area contributed by atoms with Gasteiger partial charge in [0.25, 0.3) is 5.36 Å². The SMILES string of the molecule is CCCN=C(Cl)OCCC. The Kier molecular flexibility index (Phi) is 6.71. The van der Waals surface area contributed by atoms with E-state index in [1.165, 1.54) is 0 Å². The molecular weight excluding hydrogens is 150 g/mol. The van der Waals surface area contributed by atoms with Crippen LogP contribution < -0.4 is 0 Å². The number of aliphatic imine (C=N–C) groups is 1. The van der Waals surface area contributed by atoms with Crippen LogP contribution in [0.2, 0.25) is 0 Å². The van der Waals surface area contributed by atoms with Crippen molar-refractivity contribution in [2.45, 2.75) is 26.7 Å². The Balaban J connectivity index is 3.30. The summed E-state index contributed by atoms with van der Waals surface area (Å²) in [5.74, 6) is 0. The van der Waals surface area contributed by atoms with Crippen LogP contribution in [0.3, 0.4) is 0 Å². The number of hydrogen-bond donors (Lipinski definition) is 0. The molecule has 0 saturated carbocycles. The summed E-state index contributed by atoms with van der Waals surface area (Å²) in [7, 11) is 0. The quantitative estimate of drug-likeness (QED) is 0.461. The zero-order chi connectivity index (χ0) is 7.82. The molecule has 0 aliphatic rings. The molecule has 60 valence electrons. The van der Waals surface area contributed by atoms with Crippen molar-refractivity contribution in [3.63, 3.8) is 0 Å². The molecule has 0 radical (unpaired) electrons. The van der Waals surface area contributed by atoms with Gasteiger partial charge in [-0.1, -0.05) is 13.8 Å². The highest BCUT2D eigenvalue weighted by molar-refractivity contribution is 6.62. The molecule has 0 aromatic carbocycles. The van der Waals surface area contributed by atoms with Crippen LogP contribution in [0, 0.1) is 0 Å². The van der Waals surface area contributed by atoms with E-state index >= 15 is 0 Å². The lowest BCUT2D eigenvalue weighted by atomic mass is 10.5. The second-order valence-electron chi connectivity index (χ2n) is 1.98. The molecule has 0 N–H and O–H groups in total. The first-order valence-corrected chi connectivity index (χ1v) is 4.01. The molecule has 0 aliphatic carbocycles. The van der Waals surface area contributed by atoms with Crippen LogP contribution in [0.1, 0.15) is 26.7 Å². The van der Waals surface area contributed by atoms with Crippen molar-refractivity contribution in [3.05, 3.63) is 0 Å². The molecule has 0 aliphatic heterocycles. The predicted octanol–water partition coefficient (Wildman–Crippen LogP) is 2.42. The number of nitrogens with zero attached hydrogens (tertiary/aromatic N) is 1. The molecule has 0 rings (SSSR count). The molecular formula is C7H14ClNO. The molecule has 10 heavy (non-hydrogen) atoms. The second-order valence-corrected chi connectivity index (χ2v) is 2.31. The number of hydrogen-bond acceptors (Lipinski definition) is 2. The monoisotopic (exact) mass is 163 g/mol. The molecule has 0 aromatic rings. The van der Waals surface area contributed by atoms with Crippen LogP contribution in [0.5, 0.6) is 0 Å². The van der Waals surface area contributed by atoms with Gasteiger partial charge in [0.2, 0.25) is 0 Å². The molecule has 0 unspecified atom stereocenters. The van der Waals surface area contributed by atoms with Gasteiger partial charge >= 0.3 is 0 Å². The van der Waals surface area contributed by atoms with Crippen LogP contribution in [-0.2, 0) is 4.74 Å². The third-order valence-corrected chi connectivity index (χ3v) is 1.11. The average Bonchev–Trinajstić information content (AvgIpc) is 1.97. The van der Waals surface area contributed by atoms with Gasteiger partial charge in [0.1, 0.15) is 0 Å². The van der Waals surface area contributed by atoms with E-state index in [0.717, 1.165) is 19.4 Å². The molecule has 0 aromatic heterocycles.